The van der Waals surface area contributed by atoms with Gasteiger partial charge in [-0.15, -0.1) is 0 Å². The van der Waals surface area contributed by atoms with Crippen molar-refractivity contribution in [2.45, 2.75) is 52.6 Å². The molecule has 0 radical (unpaired) electrons. The van der Waals surface area contributed by atoms with Crippen LogP contribution in [0.5, 0.6) is 0 Å². The molecule has 0 bridgehead atoms. The van der Waals surface area contributed by atoms with Crippen molar-refractivity contribution in [3.05, 3.63) is 0 Å². The first kappa shape index (κ1) is 13.5. The zero-order chi connectivity index (χ0) is 12.3. The second-order valence-electron chi connectivity index (χ2n) is 5.39. The molecule has 1 rings (SSSR count). The van der Waals surface area contributed by atoms with Gasteiger partial charge in [-0.25, -0.2) is 5.84 Å². The highest BCUT2D eigenvalue weighted by molar-refractivity contribution is 5.81. The Morgan fingerprint density at radius 2 is 2.00 bits per heavy atom. The van der Waals surface area contributed by atoms with Gasteiger partial charge in [-0.05, 0) is 31.2 Å². The van der Waals surface area contributed by atoms with Crippen molar-refractivity contribution in [1.82, 2.24) is 10.3 Å². The standard InChI is InChI=1S/C12H25N3O/c1-8(2)10-6-5-7-15(10)11(9(3)4)12(16)14-13/h8-11H,5-7,13H2,1-4H3,(H,14,16). The Labute approximate surface area is 98.5 Å². The number of nitrogens with zero attached hydrogens (tertiary/aromatic N) is 1. The van der Waals surface area contributed by atoms with Crippen molar-refractivity contribution in [1.29, 1.82) is 0 Å². The fourth-order valence-electron chi connectivity index (χ4n) is 2.80. The van der Waals surface area contributed by atoms with E-state index in [0.717, 1.165) is 6.54 Å². The minimum atomic E-state index is -0.0834. The summed E-state index contributed by atoms with van der Waals surface area (Å²) in [5, 5.41) is 0. The molecule has 0 aromatic rings. The highest BCUT2D eigenvalue weighted by Gasteiger charge is 2.37. The Kier molecular flexibility index (Phi) is 4.74. The summed E-state index contributed by atoms with van der Waals surface area (Å²) in [7, 11) is 0. The second-order valence-corrected chi connectivity index (χ2v) is 5.39. The SMILES string of the molecule is CC(C)C1CCCN1C(C(=O)NN)C(C)C. The molecule has 0 aliphatic carbocycles. The third kappa shape index (κ3) is 2.74. The van der Waals surface area contributed by atoms with Crippen molar-refractivity contribution in [2.24, 2.45) is 17.7 Å². The molecule has 0 spiro atoms. The van der Waals surface area contributed by atoms with E-state index in [0.29, 0.717) is 17.9 Å². The van der Waals surface area contributed by atoms with Crippen LogP contribution in [-0.2, 0) is 4.79 Å². The van der Waals surface area contributed by atoms with Gasteiger partial charge in [0, 0.05) is 6.04 Å². The van der Waals surface area contributed by atoms with E-state index in [2.05, 4.69) is 38.0 Å². The number of amides is 1. The molecular weight excluding hydrogens is 202 g/mol. The maximum Gasteiger partial charge on any atom is 0.251 e. The summed E-state index contributed by atoms with van der Waals surface area (Å²) in [4.78, 5) is 14.2. The molecule has 94 valence electrons. The van der Waals surface area contributed by atoms with Gasteiger partial charge < -0.3 is 0 Å². The maximum absolute atomic E-state index is 11.8. The first-order valence-corrected chi connectivity index (χ1v) is 6.25. The van der Waals surface area contributed by atoms with Crippen LogP contribution in [0.2, 0.25) is 0 Å². The highest BCUT2D eigenvalue weighted by Crippen LogP contribution is 2.28. The molecule has 1 aliphatic heterocycles. The van der Waals surface area contributed by atoms with Crippen LogP contribution in [0.25, 0.3) is 0 Å². The summed E-state index contributed by atoms with van der Waals surface area (Å²) < 4.78 is 0. The van der Waals surface area contributed by atoms with Crippen LogP contribution >= 0.6 is 0 Å². The molecule has 4 heteroatoms. The van der Waals surface area contributed by atoms with Crippen molar-refractivity contribution < 1.29 is 4.79 Å². The van der Waals surface area contributed by atoms with E-state index in [-0.39, 0.29) is 11.9 Å². The summed E-state index contributed by atoms with van der Waals surface area (Å²) >= 11 is 0. The van der Waals surface area contributed by atoms with Gasteiger partial charge in [-0.1, -0.05) is 27.7 Å². The van der Waals surface area contributed by atoms with Crippen molar-refractivity contribution in [3.8, 4) is 0 Å². The Morgan fingerprint density at radius 3 is 2.44 bits per heavy atom. The van der Waals surface area contributed by atoms with Gasteiger partial charge >= 0.3 is 0 Å². The number of likely N-dealkylation sites (tertiary alicyclic amines) is 1. The Morgan fingerprint density at radius 1 is 1.38 bits per heavy atom. The second kappa shape index (κ2) is 5.64. The van der Waals surface area contributed by atoms with E-state index in [9.17, 15) is 4.79 Å². The van der Waals surface area contributed by atoms with Gasteiger partial charge in [-0.3, -0.25) is 15.1 Å². The lowest BCUT2D eigenvalue weighted by molar-refractivity contribution is -0.128. The summed E-state index contributed by atoms with van der Waals surface area (Å²) in [6, 6.07) is 0.435. The number of nitrogens with two attached hydrogens (primary N) is 1. The number of nitrogens with one attached hydrogen (secondary N) is 1. The maximum atomic E-state index is 11.8. The molecule has 1 saturated heterocycles. The van der Waals surface area contributed by atoms with E-state index in [1.165, 1.54) is 12.8 Å². The van der Waals surface area contributed by atoms with Gasteiger partial charge in [-0.2, -0.15) is 0 Å². The van der Waals surface area contributed by atoms with E-state index in [1.807, 2.05) is 0 Å². The quantitative estimate of drug-likeness (QED) is 0.430. The largest absolute Gasteiger partial charge is 0.293 e. The molecule has 1 heterocycles. The highest BCUT2D eigenvalue weighted by atomic mass is 16.2. The minimum Gasteiger partial charge on any atom is -0.293 e. The smallest absolute Gasteiger partial charge is 0.251 e. The lowest BCUT2D eigenvalue weighted by atomic mass is 9.96. The normalized spacial score (nSPS) is 24.1. The average molecular weight is 227 g/mol. The number of hydrazine groups is 1. The van der Waals surface area contributed by atoms with E-state index < -0.39 is 0 Å². The number of hydrogen-bond donors (Lipinski definition) is 2. The topological polar surface area (TPSA) is 58.4 Å². The third-order valence-corrected chi connectivity index (χ3v) is 3.51. The van der Waals surface area contributed by atoms with E-state index in [4.69, 9.17) is 5.84 Å². The number of carbonyl (C=O) groups is 1. The van der Waals surface area contributed by atoms with Gasteiger partial charge in [0.25, 0.3) is 5.91 Å². The predicted octanol–water partition coefficient (Wildman–Crippen LogP) is 1.12. The van der Waals surface area contributed by atoms with Crippen LogP contribution in [0.1, 0.15) is 40.5 Å². The lowest BCUT2D eigenvalue weighted by Crippen LogP contribution is -2.54. The van der Waals surface area contributed by atoms with E-state index in [1.54, 1.807) is 0 Å². The van der Waals surface area contributed by atoms with Crippen molar-refractivity contribution in [2.75, 3.05) is 6.54 Å². The first-order chi connectivity index (χ1) is 7.49. The van der Waals surface area contributed by atoms with Gasteiger partial charge in [0.15, 0.2) is 0 Å². The minimum absolute atomic E-state index is 0.0532. The number of rotatable bonds is 4. The number of carbonyl (C=O) groups excluding carboxylic acids is 1. The molecule has 2 unspecified atom stereocenters. The third-order valence-electron chi connectivity index (χ3n) is 3.51. The van der Waals surface area contributed by atoms with Crippen LogP contribution in [0, 0.1) is 11.8 Å². The Hall–Kier alpha value is -0.610. The molecule has 0 aromatic carbocycles. The summed E-state index contributed by atoms with van der Waals surface area (Å²) in [6.07, 6.45) is 2.38. The zero-order valence-electron chi connectivity index (χ0n) is 10.9. The van der Waals surface area contributed by atoms with Gasteiger partial charge in [0.05, 0.1) is 6.04 Å². The molecule has 0 aromatic heterocycles. The Bertz CT molecular complexity index is 240. The van der Waals surface area contributed by atoms with Crippen molar-refractivity contribution >= 4 is 5.91 Å². The first-order valence-electron chi connectivity index (χ1n) is 6.25. The van der Waals surface area contributed by atoms with Crippen molar-refractivity contribution in [3.63, 3.8) is 0 Å². The molecule has 0 saturated carbocycles. The average Bonchev–Trinajstić information content (AvgIpc) is 2.66. The van der Waals surface area contributed by atoms with Gasteiger partial charge in [0.1, 0.15) is 0 Å². The molecular formula is C12H25N3O. The molecule has 4 nitrogen and oxygen atoms in total. The molecule has 1 aliphatic rings. The molecule has 2 atom stereocenters. The Balaban J connectivity index is 2.81. The zero-order valence-corrected chi connectivity index (χ0v) is 10.9. The molecule has 1 fully saturated rings. The van der Waals surface area contributed by atoms with Crippen LogP contribution in [-0.4, -0.2) is 29.4 Å². The van der Waals surface area contributed by atoms with Crippen LogP contribution in [0.4, 0.5) is 0 Å². The lowest BCUT2D eigenvalue weighted by Gasteiger charge is -2.36. The summed E-state index contributed by atoms with van der Waals surface area (Å²) in [6.45, 7) is 9.62. The molecule has 3 N–H and O–H groups in total. The monoisotopic (exact) mass is 227 g/mol. The van der Waals surface area contributed by atoms with Gasteiger partial charge in [0.2, 0.25) is 0 Å². The number of hydrogen-bond acceptors (Lipinski definition) is 3. The summed E-state index contributed by atoms with van der Waals surface area (Å²) in [5.41, 5.74) is 2.30. The fraction of sp³-hybridized carbons (Fsp3) is 0.917. The van der Waals surface area contributed by atoms with Crippen LogP contribution < -0.4 is 11.3 Å². The molecule has 16 heavy (non-hydrogen) atoms. The fourth-order valence-corrected chi connectivity index (χ4v) is 2.80. The predicted molar refractivity (Wildman–Crippen MR) is 65.5 cm³/mol. The van der Waals surface area contributed by atoms with Crippen LogP contribution in [0.15, 0.2) is 0 Å². The van der Waals surface area contributed by atoms with Crippen LogP contribution in [0.3, 0.4) is 0 Å². The molecule has 1 amide bonds. The van der Waals surface area contributed by atoms with E-state index >= 15 is 0 Å². The summed E-state index contributed by atoms with van der Waals surface area (Å²) in [5.74, 6) is 6.11.